The van der Waals surface area contributed by atoms with Crippen LogP contribution in [0.15, 0.2) is 48.8 Å². The molecule has 1 fully saturated rings. The van der Waals surface area contributed by atoms with Crippen LogP contribution in [0.25, 0.3) is 16.4 Å². The number of anilines is 1. The minimum Gasteiger partial charge on any atom is -0.353 e. The van der Waals surface area contributed by atoms with Gasteiger partial charge in [-0.1, -0.05) is 18.2 Å². The van der Waals surface area contributed by atoms with Gasteiger partial charge in [0.15, 0.2) is 5.65 Å². The highest BCUT2D eigenvalue weighted by atomic mass is 19.4. The molecule has 0 unspecified atom stereocenters. The fourth-order valence-electron chi connectivity index (χ4n) is 3.83. The molecule has 4 heterocycles. The predicted octanol–water partition coefficient (Wildman–Crippen LogP) is 3.01. The van der Waals surface area contributed by atoms with E-state index in [1.807, 2.05) is 29.3 Å². The minimum atomic E-state index is -4.60. The lowest BCUT2D eigenvalue weighted by Crippen LogP contribution is -2.46. The second-order valence-electron chi connectivity index (χ2n) is 7.26. The van der Waals surface area contributed by atoms with Gasteiger partial charge in [0.05, 0.1) is 0 Å². The summed E-state index contributed by atoms with van der Waals surface area (Å²) in [6, 6.07) is 11.4. The fourth-order valence-corrected chi connectivity index (χ4v) is 3.83. The van der Waals surface area contributed by atoms with Gasteiger partial charge in [-0.2, -0.15) is 17.7 Å². The standard InChI is InChI=1S/C20H18F3N7/c21-20(22,23)19-26-25-17-4-5-18(27-30(17)19)29-10-8-28(9-11-29)13-15-3-1-2-14-12-24-7-6-16(14)15/h1-7,12H,8-11,13H2. The summed E-state index contributed by atoms with van der Waals surface area (Å²) in [7, 11) is 0. The highest BCUT2D eigenvalue weighted by Gasteiger charge is 2.37. The normalized spacial score (nSPS) is 15.9. The van der Waals surface area contributed by atoms with E-state index >= 15 is 0 Å². The van der Waals surface area contributed by atoms with Crippen LogP contribution >= 0.6 is 0 Å². The zero-order chi connectivity index (χ0) is 20.7. The van der Waals surface area contributed by atoms with Gasteiger partial charge in [-0.3, -0.25) is 9.88 Å². The van der Waals surface area contributed by atoms with Crippen molar-refractivity contribution in [2.75, 3.05) is 31.1 Å². The molecule has 0 atom stereocenters. The van der Waals surface area contributed by atoms with Crippen LogP contribution in [0.1, 0.15) is 11.4 Å². The molecule has 1 aliphatic heterocycles. The maximum Gasteiger partial charge on any atom is 0.453 e. The van der Waals surface area contributed by atoms with E-state index in [1.165, 1.54) is 17.0 Å². The molecule has 7 nitrogen and oxygen atoms in total. The number of halogens is 3. The highest BCUT2D eigenvalue weighted by Crippen LogP contribution is 2.28. The number of hydrogen-bond donors (Lipinski definition) is 0. The van der Waals surface area contributed by atoms with Crippen molar-refractivity contribution >= 4 is 22.2 Å². The monoisotopic (exact) mass is 413 g/mol. The Morgan fingerprint density at radius 1 is 0.933 bits per heavy atom. The van der Waals surface area contributed by atoms with Gasteiger partial charge in [0.25, 0.3) is 5.82 Å². The fraction of sp³-hybridized carbons (Fsp3) is 0.300. The number of pyridine rings is 1. The van der Waals surface area contributed by atoms with E-state index in [9.17, 15) is 13.2 Å². The second kappa shape index (κ2) is 7.21. The molecule has 3 aromatic heterocycles. The van der Waals surface area contributed by atoms with Crippen LogP contribution in [-0.2, 0) is 12.7 Å². The first-order valence-electron chi connectivity index (χ1n) is 9.58. The summed E-state index contributed by atoms with van der Waals surface area (Å²) in [6.45, 7) is 3.74. The maximum absolute atomic E-state index is 13.1. The van der Waals surface area contributed by atoms with Gasteiger partial charge in [0.1, 0.15) is 5.82 Å². The summed E-state index contributed by atoms with van der Waals surface area (Å²) in [6.07, 6.45) is -0.942. The van der Waals surface area contributed by atoms with Gasteiger partial charge in [-0.25, -0.2) is 0 Å². The van der Waals surface area contributed by atoms with Crippen LogP contribution in [0.5, 0.6) is 0 Å². The van der Waals surface area contributed by atoms with E-state index < -0.39 is 12.0 Å². The first kappa shape index (κ1) is 18.7. The van der Waals surface area contributed by atoms with Crippen LogP contribution < -0.4 is 4.90 Å². The smallest absolute Gasteiger partial charge is 0.353 e. The molecule has 30 heavy (non-hydrogen) atoms. The average Bonchev–Trinajstić information content (AvgIpc) is 3.18. The number of hydrogen-bond acceptors (Lipinski definition) is 6. The summed E-state index contributed by atoms with van der Waals surface area (Å²) in [5.41, 5.74) is 1.32. The maximum atomic E-state index is 13.1. The molecule has 0 bridgehead atoms. The summed E-state index contributed by atoms with van der Waals surface area (Å²) >= 11 is 0. The lowest BCUT2D eigenvalue weighted by atomic mass is 10.1. The number of nitrogens with zero attached hydrogens (tertiary/aromatic N) is 7. The quantitative estimate of drug-likeness (QED) is 0.515. The Labute approximate surface area is 169 Å². The first-order chi connectivity index (χ1) is 14.5. The van der Waals surface area contributed by atoms with Crippen LogP contribution in [0.3, 0.4) is 0 Å². The molecule has 0 aliphatic carbocycles. The van der Waals surface area contributed by atoms with Crippen molar-refractivity contribution in [3.63, 3.8) is 0 Å². The minimum absolute atomic E-state index is 0.0788. The predicted molar refractivity (Wildman–Crippen MR) is 105 cm³/mol. The summed E-state index contributed by atoms with van der Waals surface area (Å²) in [5.74, 6) is -0.618. The van der Waals surface area contributed by atoms with Crippen molar-refractivity contribution in [1.29, 1.82) is 0 Å². The Kier molecular flexibility index (Phi) is 4.50. The Morgan fingerprint density at radius 2 is 1.77 bits per heavy atom. The van der Waals surface area contributed by atoms with E-state index in [-0.39, 0.29) is 5.65 Å². The zero-order valence-corrected chi connectivity index (χ0v) is 15.9. The van der Waals surface area contributed by atoms with Gasteiger partial charge >= 0.3 is 6.18 Å². The van der Waals surface area contributed by atoms with Crippen molar-refractivity contribution in [3.8, 4) is 0 Å². The van der Waals surface area contributed by atoms with Gasteiger partial charge in [-0.05, 0) is 29.1 Å². The number of benzene rings is 1. The average molecular weight is 413 g/mol. The molecule has 4 aromatic rings. The topological polar surface area (TPSA) is 62.5 Å². The van der Waals surface area contributed by atoms with E-state index in [0.29, 0.717) is 18.9 Å². The number of aromatic nitrogens is 5. The van der Waals surface area contributed by atoms with Crippen molar-refractivity contribution in [2.24, 2.45) is 0 Å². The molecule has 0 amide bonds. The summed E-state index contributed by atoms with van der Waals surface area (Å²) in [4.78, 5) is 8.50. The zero-order valence-electron chi connectivity index (χ0n) is 15.9. The number of rotatable bonds is 3. The van der Waals surface area contributed by atoms with Crippen molar-refractivity contribution < 1.29 is 13.2 Å². The Hall–Kier alpha value is -3.27. The summed E-state index contributed by atoms with van der Waals surface area (Å²) < 4.78 is 40.1. The lowest BCUT2D eigenvalue weighted by molar-refractivity contribution is -0.146. The molecule has 0 saturated carbocycles. The molecule has 0 N–H and O–H groups in total. The molecule has 5 rings (SSSR count). The van der Waals surface area contributed by atoms with E-state index in [1.54, 1.807) is 12.3 Å². The number of alkyl halides is 3. The second-order valence-corrected chi connectivity index (χ2v) is 7.26. The Bertz CT molecular complexity index is 1190. The largest absolute Gasteiger partial charge is 0.453 e. The molecule has 154 valence electrons. The number of fused-ring (bicyclic) bond motifs is 2. The Balaban J connectivity index is 1.31. The molecular formula is C20H18F3N7. The van der Waals surface area contributed by atoms with E-state index in [2.05, 4.69) is 31.2 Å². The molecule has 10 heteroatoms. The van der Waals surface area contributed by atoms with Gasteiger partial charge in [-0.15, -0.1) is 15.3 Å². The third-order valence-corrected chi connectivity index (χ3v) is 5.36. The molecule has 1 aliphatic rings. The third-order valence-electron chi connectivity index (χ3n) is 5.36. The van der Waals surface area contributed by atoms with Crippen LogP contribution in [-0.4, -0.2) is 55.9 Å². The third kappa shape index (κ3) is 3.43. The van der Waals surface area contributed by atoms with Crippen LogP contribution in [0, 0.1) is 0 Å². The first-order valence-corrected chi connectivity index (χ1v) is 9.58. The van der Waals surface area contributed by atoms with E-state index in [0.717, 1.165) is 29.5 Å². The highest BCUT2D eigenvalue weighted by molar-refractivity contribution is 5.84. The number of piperazine rings is 1. The Morgan fingerprint density at radius 3 is 2.57 bits per heavy atom. The summed E-state index contributed by atoms with van der Waals surface area (Å²) in [5, 5.41) is 13.2. The lowest BCUT2D eigenvalue weighted by Gasteiger charge is -2.35. The molecule has 1 aromatic carbocycles. The van der Waals surface area contributed by atoms with Crippen molar-refractivity contribution in [2.45, 2.75) is 12.7 Å². The molecule has 1 saturated heterocycles. The van der Waals surface area contributed by atoms with Crippen LogP contribution in [0.2, 0.25) is 0 Å². The SMILES string of the molecule is FC(F)(F)c1nnc2ccc(N3CCN(Cc4cccc5cnccc45)CC3)nn12. The molecule has 0 radical (unpaired) electrons. The van der Waals surface area contributed by atoms with Gasteiger partial charge < -0.3 is 4.90 Å². The van der Waals surface area contributed by atoms with Crippen molar-refractivity contribution in [3.05, 3.63) is 60.2 Å². The van der Waals surface area contributed by atoms with Gasteiger partial charge in [0, 0.05) is 50.5 Å². The molecule has 0 spiro atoms. The van der Waals surface area contributed by atoms with Gasteiger partial charge in [0.2, 0.25) is 0 Å². The van der Waals surface area contributed by atoms with Crippen molar-refractivity contribution in [1.82, 2.24) is 29.7 Å². The van der Waals surface area contributed by atoms with Crippen LogP contribution in [0.4, 0.5) is 19.0 Å². The molecular weight excluding hydrogens is 395 g/mol. The van der Waals surface area contributed by atoms with E-state index in [4.69, 9.17) is 0 Å².